The molecule has 0 spiro atoms. The molecule has 0 aromatic carbocycles. The standard InChI is InChI=1S/C14H22F3N/c15-14(16,17)2-1-12(18)13-6-9-3-10(7-13)5-11(4-9)8-13/h9-12H,1-8,18H2. The first kappa shape index (κ1) is 12.8. The predicted octanol–water partition coefficient (Wildman–Crippen LogP) is 3.87. The summed E-state index contributed by atoms with van der Waals surface area (Å²) in [6.07, 6.45) is 2.57. The van der Waals surface area contributed by atoms with E-state index in [1.54, 1.807) is 0 Å². The zero-order valence-electron chi connectivity index (χ0n) is 10.7. The lowest BCUT2D eigenvalue weighted by Gasteiger charge is -2.59. The van der Waals surface area contributed by atoms with Crippen LogP contribution in [0.3, 0.4) is 0 Å². The number of hydrogen-bond acceptors (Lipinski definition) is 1. The zero-order chi connectivity index (χ0) is 13.0. The maximum atomic E-state index is 12.3. The SMILES string of the molecule is NC(CCC(F)(F)F)C12CC3CC(CC(C3)C1)C2. The summed E-state index contributed by atoms with van der Waals surface area (Å²) in [5.74, 6) is 2.27. The van der Waals surface area contributed by atoms with Crippen LogP contribution in [-0.2, 0) is 0 Å². The fraction of sp³-hybridized carbons (Fsp3) is 1.00. The maximum Gasteiger partial charge on any atom is 0.389 e. The number of hydrogen-bond donors (Lipinski definition) is 1. The van der Waals surface area contributed by atoms with Gasteiger partial charge in [-0.1, -0.05) is 0 Å². The third-order valence-electron chi connectivity index (χ3n) is 5.61. The number of rotatable bonds is 3. The van der Waals surface area contributed by atoms with Gasteiger partial charge in [-0.3, -0.25) is 0 Å². The van der Waals surface area contributed by atoms with Crippen LogP contribution in [0.25, 0.3) is 0 Å². The van der Waals surface area contributed by atoms with Crippen LogP contribution >= 0.6 is 0 Å². The summed E-state index contributed by atoms with van der Waals surface area (Å²) in [7, 11) is 0. The molecule has 18 heavy (non-hydrogen) atoms. The molecule has 4 aliphatic carbocycles. The summed E-state index contributed by atoms with van der Waals surface area (Å²) in [4.78, 5) is 0. The molecule has 4 saturated carbocycles. The Morgan fingerprint density at radius 1 is 1.00 bits per heavy atom. The fourth-order valence-electron chi connectivity index (χ4n) is 5.26. The summed E-state index contributed by atoms with van der Waals surface area (Å²) in [5, 5.41) is 0. The molecule has 104 valence electrons. The first-order chi connectivity index (χ1) is 8.36. The van der Waals surface area contributed by atoms with Gasteiger partial charge >= 0.3 is 6.18 Å². The van der Waals surface area contributed by atoms with Crippen molar-refractivity contribution in [3.05, 3.63) is 0 Å². The normalized spacial score (nSPS) is 44.3. The van der Waals surface area contributed by atoms with Gasteiger partial charge in [0.2, 0.25) is 0 Å². The second kappa shape index (κ2) is 4.12. The van der Waals surface area contributed by atoms with E-state index >= 15 is 0 Å². The van der Waals surface area contributed by atoms with Gasteiger partial charge in [0.15, 0.2) is 0 Å². The Hall–Kier alpha value is -0.250. The molecule has 4 aliphatic rings. The highest BCUT2D eigenvalue weighted by Gasteiger charge is 2.53. The number of halogens is 3. The van der Waals surface area contributed by atoms with E-state index in [-0.39, 0.29) is 17.9 Å². The first-order valence-electron chi connectivity index (χ1n) is 7.19. The molecule has 2 N–H and O–H groups in total. The lowest BCUT2D eigenvalue weighted by Crippen LogP contribution is -2.54. The average molecular weight is 261 g/mol. The molecule has 0 saturated heterocycles. The molecule has 4 fully saturated rings. The Labute approximate surface area is 106 Å². The van der Waals surface area contributed by atoms with E-state index in [1.807, 2.05) is 0 Å². The van der Waals surface area contributed by atoms with Gasteiger partial charge in [0, 0.05) is 12.5 Å². The maximum absolute atomic E-state index is 12.3. The first-order valence-corrected chi connectivity index (χ1v) is 7.19. The van der Waals surface area contributed by atoms with Crippen LogP contribution in [0.4, 0.5) is 13.2 Å². The molecule has 1 atom stereocenters. The predicted molar refractivity (Wildman–Crippen MR) is 63.9 cm³/mol. The molecule has 0 heterocycles. The van der Waals surface area contributed by atoms with Crippen LogP contribution in [-0.4, -0.2) is 12.2 Å². The van der Waals surface area contributed by atoms with Crippen molar-refractivity contribution in [2.24, 2.45) is 28.9 Å². The Morgan fingerprint density at radius 3 is 1.83 bits per heavy atom. The van der Waals surface area contributed by atoms with Crippen LogP contribution in [0, 0.1) is 23.2 Å². The summed E-state index contributed by atoms with van der Waals surface area (Å²) in [5.41, 5.74) is 6.24. The highest BCUT2D eigenvalue weighted by molar-refractivity contribution is 5.05. The van der Waals surface area contributed by atoms with Gasteiger partial charge in [-0.15, -0.1) is 0 Å². The molecule has 1 unspecified atom stereocenters. The van der Waals surface area contributed by atoms with E-state index in [1.165, 1.54) is 19.3 Å². The molecule has 0 aromatic rings. The van der Waals surface area contributed by atoms with Crippen LogP contribution in [0.1, 0.15) is 51.4 Å². The van der Waals surface area contributed by atoms with Crippen molar-refractivity contribution in [2.45, 2.75) is 63.6 Å². The van der Waals surface area contributed by atoms with Gasteiger partial charge in [-0.2, -0.15) is 13.2 Å². The zero-order valence-corrected chi connectivity index (χ0v) is 10.7. The van der Waals surface area contributed by atoms with Crippen molar-refractivity contribution in [2.75, 3.05) is 0 Å². The minimum atomic E-state index is -4.06. The van der Waals surface area contributed by atoms with Crippen molar-refractivity contribution in [3.63, 3.8) is 0 Å². The summed E-state index contributed by atoms with van der Waals surface area (Å²) < 4.78 is 37.0. The molecule has 4 rings (SSSR count). The van der Waals surface area contributed by atoms with Crippen molar-refractivity contribution >= 4 is 0 Å². The highest BCUT2D eigenvalue weighted by atomic mass is 19.4. The largest absolute Gasteiger partial charge is 0.389 e. The molecule has 0 amide bonds. The lowest BCUT2D eigenvalue weighted by atomic mass is 9.47. The second-order valence-electron chi connectivity index (χ2n) is 7.04. The smallest absolute Gasteiger partial charge is 0.327 e. The Kier molecular flexibility index (Phi) is 2.92. The van der Waals surface area contributed by atoms with Gasteiger partial charge in [-0.25, -0.2) is 0 Å². The van der Waals surface area contributed by atoms with Crippen molar-refractivity contribution in [1.82, 2.24) is 0 Å². The average Bonchev–Trinajstić information content (AvgIpc) is 2.22. The van der Waals surface area contributed by atoms with E-state index in [9.17, 15) is 13.2 Å². The van der Waals surface area contributed by atoms with Gasteiger partial charge in [0.05, 0.1) is 0 Å². The Morgan fingerprint density at radius 2 is 1.44 bits per heavy atom. The fourth-order valence-corrected chi connectivity index (χ4v) is 5.26. The highest BCUT2D eigenvalue weighted by Crippen LogP contribution is 2.61. The van der Waals surface area contributed by atoms with Gasteiger partial charge in [-0.05, 0) is 68.1 Å². The van der Waals surface area contributed by atoms with E-state index < -0.39 is 12.6 Å². The quantitative estimate of drug-likeness (QED) is 0.820. The molecule has 4 bridgehead atoms. The summed E-state index contributed by atoms with van der Waals surface area (Å²) >= 11 is 0. The van der Waals surface area contributed by atoms with Crippen molar-refractivity contribution < 1.29 is 13.2 Å². The van der Waals surface area contributed by atoms with E-state index in [0.717, 1.165) is 37.0 Å². The molecular weight excluding hydrogens is 239 g/mol. The van der Waals surface area contributed by atoms with E-state index in [2.05, 4.69) is 0 Å². The minimum Gasteiger partial charge on any atom is -0.327 e. The third kappa shape index (κ3) is 2.28. The molecule has 1 nitrogen and oxygen atoms in total. The Bertz CT molecular complexity index is 288. The summed E-state index contributed by atoms with van der Waals surface area (Å²) in [6, 6.07) is -0.243. The van der Waals surface area contributed by atoms with Gasteiger partial charge in [0.25, 0.3) is 0 Å². The second-order valence-corrected chi connectivity index (χ2v) is 7.04. The van der Waals surface area contributed by atoms with Crippen LogP contribution in [0.5, 0.6) is 0 Å². The van der Waals surface area contributed by atoms with Crippen LogP contribution < -0.4 is 5.73 Å². The minimum absolute atomic E-state index is 0.0556. The summed E-state index contributed by atoms with van der Waals surface area (Å²) in [6.45, 7) is 0. The molecule has 0 aliphatic heterocycles. The molecule has 4 heteroatoms. The van der Waals surface area contributed by atoms with Crippen molar-refractivity contribution in [3.8, 4) is 0 Å². The monoisotopic (exact) mass is 261 g/mol. The molecule has 0 radical (unpaired) electrons. The topological polar surface area (TPSA) is 26.0 Å². The molecular formula is C14H22F3N. The van der Waals surface area contributed by atoms with E-state index in [4.69, 9.17) is 5.73 Å². The lowest BCUT2D eigenvalue weighted by molar-refractivity contribution is -0.141. The van der Waals surface area contributed by atoms with Crippen molar-refractivity contribution in [1.29, 1.82) is 0 Å². The number of alkyl halides is 3. The third-order valence-corrected chi connectivity index (χ3v) is 5.61. The Balaban J connectivity index is 1.67. The molecule has 0 aromatic heterocycles. The van der Waals surface area contributed by atoms with Crippen LogP contribution in [0.15, 0.2) is 0 Å². The number of nitrogens with two attached hydrogens (primary N) is 1. The van der Waals surface area contributed by atoms with Gasteiger partial charge in [0.1, 0.15) is 0 Å². The van der Waals surface area contributed by atoms with Gasteiger partial charge < -0.3 is 5.73 Å². The van der Waals surface area contributed by atoms with Crippen LogP contribution in [0.2, 0.25) is 0 Å². The van der Waals surface area contributed by atoms with E-state index in [0.29, 0.717) is 0 Å².